The van der Waals surface area contributed by atoms with Crippen molar-refractivity contribution in [2.24, 2.45) is 0 Å². The highest BCUT2D eigenvalue weighted by Crippen LogP contribution is 2.27. The Bertz CT molecular complexity index is 1200. The molecule has 0 saturated carbocycles. The third kappa shape index (κ3) is 6.47. The average Bonchev–Trinajstić information content (AvgIpc) is 2.72. The number of hydrogen-bond donors (Lipinski definition) is 1. The highest BCUT2D eigenvalue weighted by Gasteiger charge is 2.11. The lowest BCUT2D eigenvalue weighted by atomic mass is 10.1. The van der Waals surface area contributed by atoms with Crippen LogP contribution in [0.25, 0.3) is 6.08 Å². The van der Waals surface area contributed by atoms with Crippen molar-refractivity contribution in [2.75, 3.05) is 5.32 Å². The van der Waals surface area contributed by atoms with E-state index in [0.29, 0.717) is 28.1 Å². The van der Waals surface area contributed by atoms with Gasteiger partial charge in [-0.05, 0) is 83.1 Å². The molecule has 0 aliphatic carbocycles. The molecular formula is C24H17Cl2IN2O2. The van der Waals surface area contributed by atoms with Gasteiger partial charge in [0.2, 0.25) is 0 Å². The average molecular weight is 563 g/mol. The van der Waals surface area contributed by atoms with E-state index in [0.717, 1.165) is 20.3 Å². The molecule has 0 atom stereocenters. The number of nitriles is 1. The zero-order chi connectivity index (χ0) is 22.4. The molecule has 3 aromatic rings. The van der Waals surface area contributed by atoms with Crippen LogP contribution in [0.3, 0.4) is 0 Å². The first-order valence-corrected chi connectivity index (χ1v) is 11.1. The number of rotatable bonds is 6. The van der Waals surface area contributed by atoms with Gasteiger partial charge in [0, 0.05) is 21.3 Å². The SMILES string of the molecule is Cc1cccc(NC(=O)/C(C#N)=C\c2ccc(OCc3ccc(Cl)cc3Cl)c(I)c2)c1. The molecule has 156 valence electrons. The number of carbonyl (C=O) groups excluding carboxylic acids is 1. The number of amides is 1. The zero-order valence-electron chi connectivity index (χ0n) is 16.5. The van der Waals surface area contributed by atoms with Gasteiger partial charge in [0.05, 0.1) is 3.57 Å². The van der Waals surface area contributed by atoms with Crippen molar-refractivity contribution >= 4 is 63.5 Å². The second-order valence-electron chi connectivity index (χ2n) is 6.71. The summed E-state index contributed by atoms with van der Waals surface area (Å²) in [6, 6.07) is 20.1. The number of nitrogens with one attached hydrogen (secondary N) is 1. The lowest BCUT2D eigenvalue weighted by Crippen LogP contribution is -2.13. The van der Waals surface area contributed by atoms with Crippen molar-refractivity contribution < 1.29 is 9.53 Å². The number of aryl methyl sites for hydroxylation is 1. The standard InChI is InChI=1S/C24H17Cl2IN2O2/c1-15-3-2-4-20(9-15)29-24(30)18(13-28)10-16-5-8-23(22(27)11-16)31-14-17-6-7-19(25)12-21(17)26/h2-12H,14H2,1H3,(H,29,30)/b18-10-. The summed E-state index contributed by atoms with van der Waals surface area (Å²) in [6.45, 7) is 2.23. The largest absolute Gasteiger partial charge is 0.488 e. The van der Waals surface area contributed by atoms with Crippen LogP contribution in [0.2, 0.25) is 10.0 Å². The monoisotopic (exact) mass is 562 g/mol. The van der Waals surface area contributed by atoms with Gasteiger partial charge in [-0.2, -0.15) is 5.26 Å². The number of halogens is 3. The fourth-order valence-corrected chi connectivity index (χ4v) is 3.91. The predicted octanol–water partition coefficient (Wildman–Crippen LogP) is 7.03. The quantitative estimate of drug-likeness (QED) is 0.199. The normalized spacial score (nSPS) is 11.0. The van der Waals surface area contributed by atoms with E-state index in [4.69, 9.17) is 27.9 Å². The molecule has 0 aliphatic heterocycles. The topological polar surface area (TPSA) is 62.1 Å². The Kier molecular flexibility index (Phi) is 7.97. The molecule has 0 spiro atoms. The molecule has 0 unspecified atom stereocenters. The Morgan fingerprint density at radius 3 is 2.65 bits per heavy atom. The van der Waals surface area contributed by atoms with Crippen LogP contribution < -0.4 is 10.1 Å². The first-order chi connectivity index (χ1) is 14.9. The van der Waals surface area contributed by atoms with Crippen molar-refractivity contribution in [3.8, 4) is 11.8 Å². The Morgan fingerprint density at radius 2 is 1.97 bits per heavy atom. The molecule has 3 aromatic carbocycles. The van der Waals surface area contributed by atoms with E-state index in [9.17, 15) is 10.1 Å². The van der Waals surface area contributed by atoms with E-state index in [1.54, 1.807) is 36.4 Å². The van der Waals surface area contributed by atoms with E-state index >= 15 is 0 Å². The van der Waals surface area contributed by atoms with E-state index in [1.165, 1.54) is 0 Å². The number of ether oxygens (including phenoxy) is 1. The van der Waals surface area contributed by atoms with Gasteiger partial charge < -0.3 is 10.1 Å². The van der Waals surface area contributed by atoms with Crippen LogP contribution in [0.15, 0.2) is 66.2 Å². The van der Waals surface area contributed by atoms with Crippen LogP contribution in [-0.2, 0) is 11.4 Å². The van der Waals surface area contributed by atoms with Crippen molar-refractivity contribution in [2.45, 2.75) is 13.5 Å². The van der Waals surface area contributed by atoms with Crippen LogP contribution in [-0.4, -0.2) is 5.91 Å². The van der Waals surface area contributed by atoms with Gasteiger partial charge in [0.15, 0.2) is 0 Å². The van der Waals surface area contributed by atoms with Gasteiger partial charge in [-0.25, -0.2) is 0 Å². The maximum absolute atomic E-state index is 12.5. The third-order valence-corrected chi connectivity index (χ3v) is 5.74. The number of anilines is 1. The van der Waals surface area contributed by atoms with Crippen LogP contribution in [0.1, 0.15) is 16.7 Å². The molecule has 0 bridgehead atoms. The summed E-state index contributed by atoms with van der Waals surface area (Å²) >= 11 is 14.3. The Hall–Kier alpha value is -2.53. The minimum absolute atomic E-state index is 0.0129. The van der Waals surface area contributed by atoms with E-state index in [1.807, 2.05) is 43.3 Å². The second-order valence-corrected chi connectivity index (χ2v) is 8.71. The number of nitrogens with zero attached hydrogens (tertiary/aromatic N) is 1. The molecule has 0 heterocycles. The van der Waals surface area contributed by atoms with Gasteiger partial charge in [-0.1, -0.05) is 47.5 Å². The molecular weight excluding hydrogens is 546 g/mol. The summed E-state index contributed by atoms with van der Waals surface area (Å²) in [4.78, 5) is 12.5. The second kappa shape index (κ2) is 10.7. The molecule has 0 fully saturated rings. The zero-order valence-corrected chi connectivity index (χ0v) is 20.1. The van der Waals surface area contributed by atoms with Crippen LogP contribution >= 0.6 is 45.8 Å². The third-order valence-electron chi connectivity index (χ3n) is 4.31. The molecule has 0 radical (unpaired) electrons. The fourth-order valence-electron chi connectivity index (χ4n) is 2.75. The van der Waals surface area contributed by atoms with Crippen LogP contribution in [0, 0.1) is 21.8 Å². The fraction of sp³-hybridized carbons (Fsp3) is 0.0833. The lowest BCUT2D eigenvalue weighted by molar-refractivity contribution is -0.112. The first-order valence-electron chi connectivity index (χ1n) is 9.22. The number of benzene rings is 3. The maximum atomic E-state index is 12.5. The molecule has 1 amide bonds. The highest BCUT2D eigenvalue weighted by atomic mass is 127. The molecule has 0 aromatic heterocycles. The molecule has 7 heteroatoms. The highest BCUT2D eigenvalue weighted by molar-refractivity contribution is 14.1. The van der Waals surface area contributed by atoms with Crippen molar-refractivity contribution in [1.82, 2.24) is 0 Å². The van der Waals surface area contributed by atoms with Crippen LogP contribution in [0.4, 0.5) is 5.69 Å². The molecule has 0 saturated heterocycles. The van der Waals surface area contributed by atoms with Gasteiger partial charge >= 0.3 is 0 Å². The van der Waals surface area contributed by atoms with Crippen molar-refractivity contribution in [3.05, 3.63) is 96.5 Å². The lowest BCUT2D eigenvalue weighted by Gasteiger charge is -2.10. The van der Waals surface area contributed by atoms with Crippen LogP contribution in [0.5, 0.6) is 5.75 Å². The number of carbonyl (C=O) groups is 1. The summed E-state index contributed by atoms with van der Waals surface area (Å²) in [5.74, 6) is 0.215. The Morgan fingerprint density at radius 1 is 1.16 bits per heavy atom. The van der Waals surface area contributed by atoms with Gasteiger partial charge in [-0.15, -0.1) is 0 Å². The minimum Gasteiger partial charge on any atom is -0.488 e. The minimum atomic E-state index is -0.458. The summed E-state index contributed by atoms with van der Waals surface area (Å²) in [5, 5.41) is 13.3. The Balaban J connectivity index is 1.72. The Labute approximate surface area is 204 Å². The van der Waals surface area contributed by atoms with E-state index in [2.05, 4.69) is 27.9 Å². The number of hydrogen-bond acceptors (Lipinski definition) is 3. The van der Waals surface area contributed by atoms with Gasteiger partial charge in [0.1, 0.15) is 24.0 Å². The van der Waals surface area contributed by atoms with E-state index in [-0.39, 0.29) is 5.57 Å². The summed E-state index contributed by atoms with van der Waals surface area (Å²) in [5.41, 5.74) is 3.22. The van der Waals surface area contributed by atoms with Gasteiger partial charge in [-0.3, -0.25) is 4.79 Å². The molecule has 0 aliphatic rings. The van der Waals surface area contributed by atoms with E-state index < -0.39 is 5.91 Å². The van der Waals surface area contributed by atoms with Crippen molar-refractivity contribution in [3.63, 3.8) is 0 Å². The summed E-state index contributed by atoms with van der Waals surface area (Å²) in [6.07, 6.45) is 1.55. The molecule has 4 nitrogen and oxygen atoms in total. The molecule has 3 rings (SSSR count). The smallest absolute Gasteiger partial charge is 0.266 e. The summed E-state index contributed by atoms with van der Waals surface area (Å²) < 4.78 is 6.71. The first kappa shape index (κ1) is 23.1. The summed E-state index contributed by atoms with van der Waals surface area (Å²) in [7, 11) is 0. The maximum Gasteiger partial charge on any atom is 0.266 e. The van der Waals surface area contributed by atoms with Gasteiger partial charge in [0.25, 0.3) is 5.91 Å². The molecule has 31 heavy (non-hydrogen) atoms. The van der Waals surface area contributed by atoms with Crippen molar-refractivity contribution in [1.29, 1.82) is 5.26 Å². The predicted molar refractivity (Wildman–Crippen MR) is 133 cm³/mol. The molecule has 1 N–H and O–H groups in total.